The van der Waals surface area contributed by atoms with Crippen LogP contribution in [0, 0.1) is 7.05 Å². The quantitative estimate of drug-likeness (QED) is 0.260. The van der Waals surface area contributed by atoms with Gasteiger partial charge < -0.3 is 20.3 Å². The zero-order chi connectivity index (χ0) is 16.4. The van der Waals surface area contributed by atoms with Gasteiger partial charge in [0.05, 0.1) is 6.10 Å². The number of aliphatic hydroxyl groups excluding tert-OH is 1. The number of nitrogens with two attached hydrogens (primary N) is 1. The molecule has 1 saturated heterocycles. The molecule has 0 aliphatic carbocycles. The van der Waals surface area contributed by atoms with Crippen molar-refractivity contribution in [2.45, 2.75) is 95.5 Å². The van der Waals surface area contributed by atoms with E-state index in [1.54, 1.807) is 5.32 Å². The van der Waals surface area contributed by atoms with Crippen LogP contribution in [-0.2, 0) is 9.53 Å². The van der Waals surface area contributed by atoms with Crippen LogP contribution in [0.2, 0.25) is 0 Å². The van der Waals surface area contributed by atoms with Gasteiger partial charge in [-0.25, -0.2) is 0 Å². The lowest BCUT2D eigenvalue weighted by Gasteiger charge is -2.10. The number of carboxylic acid groups (broad SMARTS) is 1. The number of aliphatic hydroxyl groups is 1. The Labute approximate surface area is 134 Å². The van der Waals surface area contributed by atoms with Crippen LogP contribution < -0.4 is 5.32 Å². The first-order valence-electron chi connectivity index (χ1n) is 8.71. The molecule has 5 heteroatoms. The van der Waals surface area contributed by atoms with Crippen molar-refractivity contribution in [1.82, 2.24) is 0 Å². The number of carboxylic acids is 1. The number of aliphatic carboxylic acids is 1. The summed E-state index contributed by atoms with van der Waals surface area (Å²) < 4.78 is 5.47. The number of unbranched alkanes of at least 4 members (excludes halogenated alkanes) is 8. The molecule has 130 valence electrons. The normalized spacial score (nSPS) is 25.1. The topological polar surface area (TPSA) is 86.7 Å². The van der Waals surface area contributed by atoms with Crippen molar-refractivity contribution in [3.05, 3.63) is 7.05 Å². The molecular formula is C17H33NO4. The molecule has 0 saturated carbocycles. The van der Waals surface area contributed by atoms with Crippen LogP contribution in [0.25, 0.3) is 0 Å². The molecule has 1 aliphatic heterocycles. The van der Waals surface area contributed by atoms with Crippen molar-refractivity contribution >= 4 is 5.97 Å². The van der Waals surface area contributed by atoms with Crippen molar-refractivity contribution in [1.29, 1.82) is 0 Å². The second-order valence-electron chi connectivity index (χ2n) is 6.61. The number of ether oxygens (including phenoxy) is 1. The summed E-state index contributed by atoms with van der Waals surface area (Å²) >= 11 is 0. The van der Waals surface area contributed by atoms with Crippen molar-refractivity contribution in [3.63, 3.8) is 0 Å². The van der Waals surface area contributed by atoms with E-state index in [4.69, 9.17) is 9.84 Å². The van der Waals surface area contributed by atoms with Crippen molar-refractivity contribution in [3.8, 4) is 0 Å². The average Bonchev–Trinajstić information content (AvgIpc) is 3.17. The number of hydrogen-bond donors (Lipinski definition) is 3. The molecule has 0 bridgehead atoms. The second-order valence-corrected chi connectivity index (χ2v) is 6.61. The van der Waals surface area contributed by atoms with Gasteiger partial charge in [0, 0.05) is 13.3 Å². The van der Waals surface area contributed by atoms with Gasteiger partial charge in [-0.15, -0.1) is 7.05 Å². The van der Waals surface area contributed by atoms with Crippen molar-refractivity contribution in [2.24, 2.45) is 0 Å². The molecule has 3 unspecified atom stereocenters. The Morgan fingerprint density at radius 2 is 1.64 bits per heavy atom. The zero-order valence-corrected chi connectivity index (χ0v) is 13.9. The molecule has 0 aromatic rings. The summed E-state index contributed by atoms with van der Waals surface area (Å²) in [5.74, 6) is -0.688. The largest absolute Gasteiger partial charge is 0.481 e. The van der Waals surface area contributed by atoms with Gasteiger partial charge >= 0.3 is 5.97 Å². The van der Waals surface area contributed by atoms with E-state index in [-0.39, 0.29) is 17.9 Å². The van der Waals surface area contributed by atoms with Crippen LogP contribution in [0.4, 0.5) is 0 Å². The average molecular weight is 315 g/mol. The summed E-state index contributed by atoms with van der Waals surface area (Å²) in [5, 5.41) is 20.3. The lowest BCUT2D eigenvalue weighted by Crippen LogP contribution is -2.86. The van der Waals surface area contributed by atoms with Crippen LogP contribution in [0.1, 0.15) is 77.6 Å². The molecule has 1 rings (SSSR count). The molecule has 0 radical (unpaired) electrons. The molecule has 1 fully saturated rings. The van der Waals surface area contributed by atoms with Crippen LogP contribution in [0.3, 0.4) is 0 Å². The molecule has 22 heavy (non-hydrogen) atoms. The van der Waals surface area contributed by atoms with E-state index in [0.717, 1.165) is 38.5 Å². The number of rotatable bonds is 14. The Morgan fingerprint density at radius 3 is 2.09 bits per heavy atom. The van der Waals surface area contributed by atoms with Gasteiger partial charge in [0.1, 0.15) is 0 Å². The van der Waals surface area contributed by atoms with Crippen LogP contribution >= 0.6 is 0 Å². The van der Waals surface area contributed by atoms with Gasteiger partial charge in [-0.2, -0.15) is 0 Å². The van der Waals surface area contributed by atoms with Gasteiger partial charge in [0.15, 0.2) is 6.10 Å². The third-order valence-electron chi connectivity index (χ3n) is 4.53. The number of quaternary nitrogens is 1. The van der Waals surface area contributed by atoms with Gasteiger partial charge in [-0.05, 0) is 12.8 Å². The maximum Gasteiger partial charge on any atom is 0.303 e. The van der Waals surface area contributed by atoms with Gasteiger partial charge in [-0.3, -0.25) is 4.79 Å². The van der Waals surface area contributed by atoms with E-state index in [1.165, 1.54) is 25.7 Å². The highest BCUT2D eigenvalue weighted by molar-refractivity contribution is 5.66. The first kappa shape index (κ1) is 19.4. The Balaban J connectivity index is 1.81. The maximum absolute atomic E-state index is 10.4. The minimum atomic E-state index is -0.688. The molecule has 3 atom stereocenters. The summed E-state index contributed by atoms with van der Waals surface area (Å²) in [6.07, 6.45) is 10.8. The molecule has 1 aliphatic rings. The molecule has 0 aromatic carbocycles. The number of epoxide rings is 1. The number of carbonyl (C=O) groups is 1. The maximum atomic E-state index is 10.4. The summed E-state index contributed by atoms with van der Waals surface area (Å²) in [7, 11) is 3.73. The van der Waals surface area contributed by atoms with E-state index in [0.29, 0.717) is 6.42 Å². The predicted molar refractivity (Wildman–Crippen MR) is 85.0 cm³/mol. The van der Waals surface area contributed by atoms with Crippen molar-refractivity contribution in [2.75, 3.05) is 0 Å². The van der Waals surface area contributed by atoms with Gasteiger partial charge in [0.25, 0.3) is 0 Å². The molecule has 4 N–H and O–H groups in total. The summed E-state index contributed by atoms with van der Waals surface area (Å²) in [5.41, 5.74) is -0.306. The Bertz CT molecular complexity index is 324. The van der Waals surface area contributed by atoms with E-state index in [9.17, 15) is 9.90 Å². The summed E-state index contributed by atoms with van der Waals surface area (Å²) in [6.45, 7) is 1.96. The lowest BCUT2D eigenvalue weighted by molar-refractivity contribution is -0.666. The third kappa shape index (κ3) is 7.56. The highest BCUT2D eigenvalue weighted by Gasteiger charge is 2.57. The SMILES string of the molecule is [CH2-][NH2+]C1(C)OC1C(O)CCCCCCCCCCCC(=O)O. The van der Waals surface area contributed by atoms with E-state index >= 15 is 0 Å². The predicted octanol–water partition coefficient (Wildman–Crippen LogP) is 2.19. The zero-order valence-electron chi connectivity index (χ0n) is 13.9. The summed E-state index contributed by atoms with van der Waals surface area (Å²) in [4.78, 5) is 10.4. The van der Waals surface area contributed by atoms with Gasteiger partial charge in [-0.1, -0.05) is 51.4 Å². The lowest BCUT2D eigenvalue weighted by atomic mass is 10.0. The Kier molecular flexibility index (Phi) is 8.98. The van der Waals surface area contributed by atoms with Gasteiger partial charge in [0.2, 0.25) is 5.72 Å². The Morgan fingerprint density at radius 1 is 1.14 bits per heavy atom. The minimum Gasteiger partial charge on any atom is -0.481 e. The molecule has 1 heterocycles. The van der Waals surface area contributed by atoms with E-state index in [2.05, 4.69) is 7.05 Å². The fraction of sp³-hybridized carbons (Fsp3) is 0.882. The first-order chi connectivity index (χ1) is 10.5. The third-order valence-corrected chi connectivity index (χ3v) is 4.53. The fourth-order valence-corrected chi connectivity index (χ4v) is 2.88. The monoisotopic (exact) mass is 315 g/mol. The molecule has 5 nitrogen and oxygen atoms in total. The molecule has 0 amide bonds. The van der Waals surface area contributed by atoms with Crippen LogP contribution in [-0.4, -0.2) is 34.1 Å². The highest BCUT2D eigenvalue weighted by atomic mass is 16.6. The highest BCUT2D eigenvalue weighted by Crippen LogP contribution is 2.33. The van der Waals surface area contributed by atoms with Crippen LogP contribution in [0.5, 0.6) is 0 Å². The van der Waals surface area contributed by atoms with E-state index in [1.807, 2.05) is 6.92 Å². The first-order valence-corrected chi connectivity index (χ1v) is 8.71. The summed E-state index contributed by atoms with van der Waals surface area (Å²) in [6, 6.07) is 0. The second kappa shape index (κ2) is 10.2. The minimum absolute atomic E-state index is 0.0594. The Hall–Kier alpha value is -0.650. The molecule has 0 spiro atoms. The standard InChI is InChI=1S/C17H33NO4/c1-17(18-2)16(22-17)14(19)12-10-8-6-4-3-5-7-9-11-13-15(20)21/h14,16,19H,2-13,18H2,1H3,(H,20,21). The number of hydrogen-bond acceptors (Lipinski definition) is 3. The molecule has 0 aromatic heterocycles. The van der Waals surface area contributed by atoms with E-state index < -0.39 is 5.97 Å². The smallest absolute Gasteiger partial charge is 0.303 e. The molecular weight excluding hydrogens is 282 g/mol. The van der Waals surface area contributed by atoms with Crippen molar-refractivity contribution < 1.29 is 25.1 Å². The fourth-order valence-electron chi connectivity index (χ4n) is 2.88. The van der Waals surface area contributed by atoms with Crippen LogP contribution in [0.15, 0.2) is 0 Å².